The first-order chi connectivity index (χ1) is 8.15. The van der Waals surface area contributed by atoms with Crippen LogP contribution in [0.15, 0.2) is 48.5 Å². The summed E-state index contributed by atoms with van der Waals surface area (Å²) in [5.74, 6) is 0. The molecule has 0 amide bonds. The molecule has 0 atom stereocenters. The topological polar surface area (TPSA) is 0 Å². The zero-order valence-corrected chi connectivity index (χ0v) is 11.3. The highest BCUT2D eigenvalue weighted by atomic mass is 14.0. The molecule has 0 nitrogen and oxygen atoms in total. The van der Waals surface area contributed by atoms with Crippen LogP contribution in [-0.2, 0) is 6.42 Å². The van der Waals surface area contributed by atoms with Crippen LogP contribution in [0.1, 0.15) is 29.2 Å². The fraction of sp³-hybridized carbons (Fsp3) is 0.294. The molecule has 90 valence electrons. The fourth-order valence-corrected chi connectivity index (χ4v) is 1.61. The summed E-state index contributed by atoms with van der Waals surface area (Å²) in [7, 11) is 0. The molecule has 0 aliphatic heterocycles. The molecule has 0 bridgehead atoms. The monoisotopic (exact) mass is 226 g/mol. The lowest BCUT2D eigenvalue weighted by Gasteiger charge is -2.00. The maximum absolute atomic E-state index is 2.16. The summed E-state index contributed by atoms with van der Waals surface area (Å²) in [5.41, 5.74) is 5.59. The van der Waals surface area contributed by atoms with Gasteiger partial charge in [0.1, 0.15) is 0 Å². The fourth-order valence-electron chi connectivity index (χ4n) is 1.61. The third-order valence-corrected chi connectivity index (χ3v) is 3.13. The van der Waals surface area contributed by atoms with E-state index in [4.69, 9.17) is 0 Å². The van der Waals surface area contributed by atoms with Crippen LogP contribution >= 0.6 is 0 Å². The largest absolute Gasteiger partial charge is 0.0622 e. The number of rotatable bonds is 1. The van der Waals surface area contributed by atoms with Gasteiger partial charge >= 0.3 is 0 Å². The van der Waals surface area contributed by atoms with Crippen molar-refractivity contribution in [3.05, 3.63) is 70.8 Å². The molecule has 0 saturated carbocycles. The quantitative estimate of drug-likeness (QED) is 0.651. The molecule has 0 N–H and O–H groups in total. The van der Waals surface area contributed by atoms with Crippen molar-refractivity contribution < 1.29 is 0 Å². The lowest BCUT2D eigenvalue weighted by molar-refractivity contribution is 1.14. The Kier molecular flexibility index (Phi) is 5.48. The number of benzene rings is 2. The summed E-state index contributed by atoms with van der Waals surface area (Å²) in [6.07, 6.45) is 1.14. The van der Waals surface area contributed by atoms with Crippen molar-refractivity contribution in [1.82, 2.24) is 0 Å². The first kappa shape index (κ1) is 13.5. The maximum Gasteiger partial charge on any atom is -0.0307 e. The van der Waals surface area contributed by atoms with E-state index >= 15 is 0 Å². The highest BCUT2D eigenvalue weighted by Crippen LogP contribution is 2.09. The van der Waals surface area contributed by atoms with Gasteiger partial charge < -0.3 is 0 Å². The first-order valence-corrected chi connectivity index (χ1v) is 6.22. The number of aryl methyl sites for hydroxylation is 3. The van der Waals surface area contributed by atoms with Gasteiger partial charge in [0.2, 0.25) is 0 Å². The Hall–Kier alpha value is -1.56. The molecule has 2 aromatic rings. The summed E-state index contributed by atoms with van der Waals surface area (Å²) in [4.78, 5) is 0. The van der Waals surface area contributed by atoms with Crippen molar-refractivity contribution in [2.24, 2.45) is 0 Å². The molecule has 0 saturated heterocycles. The molecule has 0 heterocycles. The Morgan fingerprint density at radius 3 is 1.59 bits per heavy atom. The molecule has 2 rings (SSSR count). The van der Waals surface area contributed by atoms with Gasteiger partial charge in [0.05, 0.1) is 0 Å². The van der Waals surface area contributed by atoms with E-state index in [0.29, 0.717) is 0 Å². The van der Waals surface area contributed by atoms with Crippen LogP contribution in [0.3, 0.4) is 0 Å². The molecule has 0 unspecified atom stereocenters. The zero-order chi connectivity index (χ0) is 12.7. The van der Waals surface area contributed by atoms with Crippen molar-refractivity contribution in [1.29, 1.82) is 0 Å². The minimum Gasteiger partial charge on any atom is -0.0622 e. The molecular formula is C17H22. The van der Waals surface area contributed by atoms with Gasteiger partial charge in [-0.05, 0) is 49.4 Å². The normalized spacial score (nSPS) is 9.41. The van der Waals surface area contributed by atoms with Gasteiger partial charge in [-0.3, -0.25) is 0 Å². The second-order valence-electron chi connectivity index (χ2n) is 4.36. The molecule has 0 aliphatic rings. The summed E-state index contributed by atoms with van der Waals surface area (Å²) < 4.78 is 0. The second kappa shape index (κ2) is 6.90. The molecular weight excluding hydrogens is 204 g/mol. The Bertz CT molecular complexity index is 421. The summed E-state index contributed by atoms with van der Waals surface area (Å²) >= 11 is 0. The Morgan fingerprint density at radius 2 is 1.24 bits per heavy atom. The lowest BCUT2D eigenvalue weighted by atomic mass is 10.1. The summed E-state index contributed by atoms with van der Waals surface area (Å²) in [6, 6.07) is 16.8. The van der Waals surface area contributed by atoms with Gasteiger partial charge in [0.15, 0.2) is 0 Å². The van der Waals surface area contributed by atoms with Gasteiger partial charge in [-0.1, -0.05) is 55.5 Å². The predicted molar refractivity (Wildman–Crippen MR) is 76.5 cm³/mol. The standard InChI is InChI=1S/C9H12.C8H10/c1-7-5-4-6-8(2)9(7)3;1-2-8-6-4-3-5-7-8/h4-6H,1-3H3;3-7H,2H2,1H3. The van der Waals surface area contributed by atoms with Gasteiger partial charge in [-0.2, -0.15) is 0 Å². The molecule has 0 aliphatic carbocycles. The molecule has 0 aromatic heterocycles. The minimum atomic E-state index is 1.14. The van der Waals surface area contributed by atoms with Crippen LogP contribution < -0.4 is 0 Å². The minimum absolute atomic E-state index is 1.14. The number of hydrogen-bond donors (Lipinski definition) is 0. The van der Waals surface area contributed by atoms with Crippen molar-refractivity contribution in [3.8, 4) is 0 Å². The molecule has 17 heavy (non-hydrogen) atoms. The van der Waals surface area contributed by atoms with Crippen LogP contribution in [0.4, 0.5) is 0 Å². The Labute approximate surface area is 105 Å². The average Bonchev–Trinajstić information content (AvgIpc) is 2.37. The van der Waals surface area contributed by atoms with Gasteiger partial charge in [0, 0.05) is 0 Å². The molecule has 2 aromatic carbocycles. The van der Waals surface area contributed by atoms with Gasteiger partial charge in [0.25, 0.3) is 0 Å². The van der Waals surface area contributed by atoms with Crippen LogP contribution in [0.5, 0.6) is 0 Å². The molecule has 0 radical (unpaired) electrons. The van der Waals surface area contributed by atoms with Crippen molar-refractivity contribution >= 4 is 0 Å². The van der Waals surface area contributed by atoms with E-state index in [1.54, 1.807) is 0 Å². The van der Waals surface area contributed by atoms with Crippen LogP contribution in [0.25, 0.3) is 0 Å². The smallest absolute Gasteiger partial charge is 0.0307 e. The molecule has 0 heteroatoms. The average molecular weight is 226 g/mol. The predicted octanol–water partition coefficient (Wildman–Crippen LogP) is 4.86. The third-order valence-electron chi connectivity index (χ3n) is 3.13. The van der Waals surface area contributed by atoms with Crippen molar-refractivity contribution in [2.45, 2.75) is 34.1 Å². The molecule has 0 fully saturated rings. The summed E-state index contributed by atoms with van der Waals surface area (Å²) in [6.45, 7) is 8.60. The lowest BCUT2D eigenvalue weighted by Crippen LogP contribution is -1.82. The van der Waals surface area contributed by atoms with Crippen LogP contribution in [0, 0.1) is 20.8 Å². The van der Waals surface area contributed by atoms with Gasteiger partial charge in [-0.15, -0.1) is 0 Å². The summed E-state index contributed by atoms with van der Waals surface area (Å²) in [5, 5.41) is 0. The highest BCUT2D eigenvalue weighted by molar-refractivity contribution is 5.31. The van der Waals surface area contributed by atoms with E-state index in [0.717, 1.165) is 6.42 Å². The van der Waals surface area contributed by atoms with Gasteiger partial charge in [-0.25, -0.2) is 0 Å². The Balaban J connectivity index is 0.000000171. The van der Waals surface area contributed by atoms with E-state index in [9.17, 15) is 0 Å². The van der Waals surface area contributed by atoms with E-state index in [1.807, 2.05) is 6.07 Å². The third kappa shape index (κ3) is 4.44. The zero-order valence-electron chi connectivity index (χ0n) is 11.3. The molecule has 0 spiro atoms. The first-order valence-electron chi connectivity index (χ1n) is 6.22. The van der Waals surface area contributed by atoms with Crippen molar-refractivity contribution in [3.63, 3.8) is 0 Å². The SMILES string of the molecule is CCc1ccccc1.Cc1cccc(C)c1C. The van der Waals surface area contributed by atoms with E-state index in [1.165, 1.54) is 22.3 Å². The van der Waals surface area contributed by atoms with Crippen LogP contribution in [0.2, 0.25) is 0 Å². The number of hydrogen-bond acceptors (Lipinski definition) is 0. The second-order valence-corrected chi connectivity index (χ2v) is 4.36. The maximum atomic E-state index is 2.16. The Morgan fingerprint density at radius 1 is 0.706 bits per heavy atom. The van der Waals surface area contributed by atoms with E-state index in [-0.39, 0.29) is 0 Å². The highest BCUT2D eigenvalue weighted by Gasteiger charge is 1.91. The van der Waals surface area contributed by atoms with E-state index < -0.39 is 0 Å². The van der Waals surface area contributed by atoms with Crippen molar-refractivity contribution in [2.75, 3.05) is 0 Å². The van der Waals surface area contributed by atoms with E-state index in [2.05, 4.69) is 70.2 Å². The van der Waals surface area contributed by atoms with Crippen LogP contribution in [-0.4, -0.2) is 0 Å².